The van der Waals surface area contributed by atoms with Gasteiger partial charge in [0.15, 0.2) is 0 Å². The lowest BCUT2D eigenvalue weighted by Crippen LogP contribution is -2.41. The SMILES string of the molecule is C[C@@H](NC(=O)c1c(C(=O)O)cnn1C)[C@@H]1C[C@H]2CC[C@H]1C2. The first-order chi connectivity index (χ1) is 9.97. The van der Waals surface area contributed by atoms with Gasteiger partial charge in [-0.2, -0.15) is 5.10 Å². The van der Waals surface area contributed by atoms with Gasteiger partial charge in [0.25, 0.3) is 5.91 Å². The number of carboxylic acids is 1. The molecular weight excluding hydrogens is 270 g/mol. The first kappa shape index (κ1) is 14.1. The first-order valence-corrected chi connectivity index (χ1v) is 7.53. The van der Waals surface area contributed by atoms with Crippen molar-refractivity contribution in [3.63, 3.8) is 0 Å². The Morgan fingerprint density at radius 2 is 2.19 bits per heavy atom. The summed E-state index contributed by atoms with van der Waals surface area (Å²) in [6.07, 6.45) is 6.29. The highest BCUT2D eigenvalue weighted by Crippen LogP contribution is 2.49. The lowest BCUT2D eigenvalue weighted by molar-refractivity contribution is 0.0689. The predicted molar refractivity (Wildman–Crippen MR) is 76.0 cm³/mol. The number of aryl methyl sites for hydroxylation is 1. The van der Waals surface area contributed by atoms with E-state index in [9.17, 15) is 9.59 Å². The summed E-state index contributed by atoms with van der Waals surface area (Å²) in [5, 5.41) is 16.0. The van der Waals surface area contributed by atoms with Crippen LogP contribution in [0, 0.1) is 17.8 Å². The number of hydrogen-bond acceptors (Lipinski definition) is 3. The highest BCUT2D eigenvalue weighted by atomic mass is 16.4. The van der Waals surface area contributed by atoms with Gasteiger partial charge in [-0.25, -0.2) is 4.79 Å². The largest absolute Gasteiger partial charge is 0.478 e. The van der Waals surface area contributed by atoms with Crippen LogP contribution in [0.1, 0.15) is 53.5 Å². The van der Waals surface area contributed by atoms with Gasteiger partial charge in [-0.1, -0.05) is 6.42 Å². The van der Waals surface area contributed by atoms with E-state index >= 15 is 0 Å². The molecule has 0 radical (unpaired) electrons. The predicted octanol–water partition coefficient (Wildman–Crippen LogP) is 1.67. The summed E-state index contributed by atoms with van der Waals surface area (Å²) in [5.74, 6) is 0.596. The molecule has 6 heteroatoms. The second-order valence-electron chi connectivity index (χ2n) is 6.44. The molecule has 2 fully saturated rings. The molecule has 2 saturated carbocycles. The van der Waals surface area contributed by atoms with E-state index in [2.05, 4.69) is 10.4 Å². The number of carboxylic acid groups (broad SMARTS) is 1. The van der Waals surface area contributed by atoms with Crippen LogP contribution in [-0.2, 0) is 7.05 Å². The van der Waals surface area contributed by atoms with Crippen LogP contribution in [0.15, 0.2) is 6.20 Å². The van der Waals surface area contributed by atoms with Gasteiger partial charge in [0, 0.05) is 13.1 Å². The van der Waals surface area contributed by atoms with Gasteiger partial charge in [0.1, 0.15) is 11.3 Å². The Kier molecular flexibility index (Phi) is 3.47. The van der Waals surface area contributed by atoms with Crippen LogP contribution in [0.3, 0.4) is 0 Å². The minimum absolute atomic E-state index is 0.0462. The molecule has 4 atom stereocenters. The zero-order chi connectivity index (χ0) is 15.1. The summed E-state index contributed by atoms with van der Waals surface area (Å²) in [6.45, 7) is 2.03. The third kappa shape index (κ3) is 2.43. The number of rotatable bonds is 4. The van der Waals surface area contributed by atoms with Gasteiger partial charge in [-0.15, -0.1) is 0 Å². The average Bonchev–Trinajstić information content (AvgIpc) is 3.12. The Bertz CT molecular complexity index is 581. The Balaban J connectivity index is 1.72. The summed E-state index contributed by atoms with van der Waals surface area (Å²) in [5.41, 5.74) is 0.0765. The number of nitrogens with zero attached hydrogens (tertiary/aromatic N) is 2. The van der Waals surface area contributed by atoms with Crippen molar-refractivity contribution in [3.05, 3.63) is 17.5 Å². The molecule has 21 heavy (non-hydrogen) atoms. The van der Waals surface area contributed by atoms with Gasteiger partial charge in [-0.05, 0) is 43.9 Å². The molecular formula is C15H21N3O3. The molecule has 2 bridgehead atoms. The molecule has 6 nitrogen and oxygen atoms in total. The van der Waals surface area contributed by atoms with Crippen molar-refractivity contribution in [1.82, 2.24) is 15.1 Å². The maximum absolute atomic E-state index is 12.4. The Labute approximate surface area is 123 Å². The van der Waals surface area contributed by atoms with Crippen LogP contribution < -0.4 is 5.32 Å². The lowest BCUT2D eigenvalue weighted by Gasteiger charge is -2.28. The topological polar surface area (TPSA) is 84.2 Å². The maximum Gasteiger partial charge on any atom is 0.339 e. The molecule has 0 aromatic carbocycles. The summed E-state index contributed by atoms with van der Waals surface area (Å²) in [7, 11) is 1.59. The van der Waals surface area contributed by atoms with Crippen LogP contribution in [0.2, 0.25) is 0 Å². The van der Waals surface area contributed by atoms with E-state index in [0.717, 1.165) is 11.8 Å². The molecule has 114 valence electrons. The first-order valence-electron chi connectivity index (χ1n) is 7.53. The molecule has 2 N–H and O–H groups in total. The molecule has 1 heterocycles. The number of fused-ring (bicyclic) bond motifs is 2. The Morgan fingerprint density at radius 1 is 1.43 bits per heavy atom. The molecule has 3 rings (SSSR count). The van der Waals surface area contributed by atoms with Crippen LogP contribution >= 0.6 is 0 Å². The molecule has 2 aliphatic rings. The maximum atomic E-state index is 12.4. The van der Waals surface area contributed by atoms with Gasteiger partial charge in [0.05, 0.1) is 6.20 Å². The fourth-order valence-corrected chi connectivity index (χ4v) is 4.15. The number of carbonyl (C=O) groups excluding carboxylic acids is 1. The second kappa shape index (κ2) is 5.16. The minimum Gasteiger partial charge on any atom is -0.478 e. The van der Waals surface area contributed by atoms with Crippen molar-refractivity contribution >= 4 is 11.9 Å². The highest BCUT2D eigenvalue weighted by molar-refractivity contribution is 6.03. The van der Waals surface area contributed by atoms with E-state index in [-0.39, 0.29) is 23.2 Å². The quantitative estimate of drug-likeness (QED) is 0.884. The molecule has 1 aromatic heterocycles. The number of nitrogens with one attached hydrogen (secondary N) is 1. The standard InChI is InChI=1S/C15H21N3O3/c1-8(11-6-9-3-4-10(11)5-9)17-14(19)13-12(15(20)21)7-16-18(13)2/h7-11H,3-6H2,1-2H3,(H,17,19)(H,20,21)/t8-,9+,10+,11+/m1/s1. The Hall–Kier alpha value is -1.85. The van der Waals surface area contributed by atoms with Crippen LogP contribution in [0.5, 0.6) is 0 Å². The summed E-state index contributed by atoms with van der Waals surface area (Å²) >= 11 is 0. The normalized spacial score (nSPS) is 28.6. The summed E-state index contributed by atoms with van der Waals surface area (Å²) < 4.78 is 1.33. The number of carbonyl (C=O) groups is 2. The van der Waals surface area contributed by atoms with Gasteiger partial charge >= 0.3 is 5.97 Å². The smallest absolute Gasteiger partial charge is 0.339 e. The van der Waals surface area contributed by atoms with E-state index < -0.39 is 5.97 Å². The second-order valence-corrected chi connectivity index (χ2v) is 6.44. The minimum atomic E-state index is -1.12. The monoisotopic (exact) mass is 291 g/mol. The molecule has 0 saturated heterocycles. The van der Waals surface area contributed by atoms with Crippen molar-refractivity contribution in [2.24, 2.45) is 24.8 Å². The van der Waals surface area contributed by atoms with E-state index in [1.54, 1.807) is 7.05 Å². The molecule has 0 unspecified atom stereocenters. The zero-order valence-electron chi connectivity index (χ0n) is 12.4. The van der Waals surface area contributed by atoms with E-state index in [4.69, 9.17) is 5.11 Å². The lowest BCUT2D eigenvalue weighted by atomic mass is 9.84. The number of amides is 1. The molecule has 0 aliphatic heterocycles. The fraction of sp³-hybridized carbons (Fsp3) is 0.667. The zero-order valence-corrected chi connectivity index (χ0v) is 12.4. The van der Waals surface area contributed by atoms with Crippen molar-refractivity contribution < 1.29 is 14.7 Å². The number of hydrogen-bond donors (Lipinski definition) is 2. The third-order valence-corrected chi connectivity index (χ3v) is 5.18. The van der Waals surface area contributed by atoms with Crippen LogP contribution in [0.25, 0.3) is 0 Å². The average molecular weight is 291 g/mol. The number of aromatic nitrogens is 2. The van der Waals surface area contributed by atoms with Crippen LogP contribution in [-0.4, -0.2) is 32.8 Å². The summed E-state index contributed by atoms with van der Waals surface area (Å²) in [6, 6.07) is 0.0735. The molecule has 2 aliphatic carbocycles. The van der Waals surface area contributed by atoms with Gasteiger partial charge < -0.3 is 10.4 Å². The van der Waals surface area contributed by atoms with Crippen molar-refractivity contribution in [3.8, 4) is 0 Å². The van der Waals surface area contributed by atoms with Crippen molar-refractivity contribution in [2.45, 2.75) is 38.6 Å². The van der Waals surface area contributed by atoms with E-state index in [1.807, 2.05) is 6.92 Å². The van der Waals surface area contributed by atoms with E-state index in [0.29, 0.717) is 5.92 Å². The van der Waals surface area contributed by atoms with Gasteiger partial charge in [0.2, 0.25) is 0 Å². The highest BCUT2D eigenvalue weighted by Gasteiger charge is 2.42. The summed E-state index contributed by atoms with van der Waals surface area (Å²) in [4.78, 5) is 23.5. The molecule has 1 amide bonds. The third-order valence-electron chi connectivity index (χ3n) is 5.18. The van der Waals surface area contributed by atoms with Crippen molar-refractivity contribution in [2.75, 3.05) is 0 Å². The number of aromatic carboxylic acids is 1. The molecule has 0 spiro atoms. The fourth-order valence-electron chi connectivity index (χ4n) is 4.15. The van der Waals surface area contributed by atoms with E-state index in [1.165, 1.54) is 36.6 Å². The van der Waals surface area contributed by atoms with Crippen molar-refractivity contribution in [1.29, 1.82) is 0 Å². The Morgan fingerprint density at radius 3 is 2.76 bits per heavy atom. The molecule has 1 aromatic rings. The van der Waals surface area contributed by atoms with Gasteiger partial charge in [-0.3, -0.25) is 9.48 Å². The van der Waals surface area contributed by atoms with Crippen LogP contribution in [0.4, 0.5) is 0 Å².